The Kier molecular flexibility index (Phi) is 5.81. The first-order valence-electron chi connectivity index (χ1n) is 9.22. The van der Waals surface area contributed by atoms with Crippen LogP contribution in [-0.2, 0) is 16.0 Å². The number of fused-ring (bicyclic) bond motifs is 1. The molecule has 3 N–H and O–H groups in total. The Morgan fingerprint density at radius 1 is 1.34 bits per heavy atom. The number of halogens is 3. The van der Waals surface area contributed by atoms with Gasteiger partial charge in [-0.1, -0.05) is 0 Å². The largest absolute Gasteiger partial charge is 0.405 e. The molecular formula is C18H20F3N5O3. The monoisotopic (exact) mass is 411 g/mol. The summed E-state index contributed by atoms with van der Waals surface area (Å²) in [5, 5.41) is 16.6. The van der Waals surface area contributed by atoms with E-state index in [4.69, 9.17) is 0 Å². The minimum atomic E-state index is -4.49. The Bertz CT molecular complexity index is 905. The van der Waals surface area contributed by atoms with E-state index < -0.39 is 36.3 Å². The highest BCUT2D eigenvalue weighted by Crippen LogP contribution is 2.26. The van der Waals surface area contributed by atoms with Gasteiger partial charge in [0.15, 0.2) is 0 Å². The maximum Gasteiger partial charge on any atom is 0.405 e. The van der Waals surface area contributed by atoms with Crippen molar-refractivity contribution in [3.8, 4) is 6.07 Å². The molecule has 8 nitrogen and oxygen atoms in total. The lowest BCUT2D eigenvalue weighted by molar-refractivity contribution is -0.126. The lowest BCUT2D eigenvalue weighted by Gasteiger charge is -2.19. The summed E-state index contributed by atoms with van der Waals surface area (Å²) in [7, 11) is 0. The number of aryl methyl sites for hydroxylation is 1. The van der Waals surface area contributed by atoms with Crippen LogP contribution in [0.25, 0.3) is 0 Å². The lowest BCUT2D eigenvalue weighted by Crippen LogP contribution is -2.42. The summed E-state index contributed by atoms with van der Waals surface area (Å²) in [6.07, 6.45) is -3.04. The molecule has 0 bridgehead atoms. The maximum atomic E-state index is 12.7. The number of rotatable bonds is 6. The van der Waals surface area contributed by atoms with E-state index in [1.165, 1.54) is 16.7 Å². The number of aromatic nitrogens is 1. The molecule has 3 rings (SSSR count). The molecule has 1 aromatic heterocycles. The predicted molar refractivity (Wildman–Crippen MR) is 95.9 cm³/mol. The van der Waals surface area contributed by atoms with Crippen LogP contribution in [0.2, 0.25) is 0 Å². The third-order valence-corrected chi connectivity index (χ3v) is 5.12. The predicted octanol–water partition coefficient (Wildman–Crippen LogP) is 0.844. The van der Waals surface area contributed by atoms with Gasteiger partial charge in [0.05, 0.1) is 6.07 Å². The van der Waals surface area contributed by atoms with Crippen molar-refractivity contribution in [2.24, 2.45) is 5.92 Å². The second-order valence-corrected chi connectivity index (χ2v) is 7.14. The topological polar surface area (TPSA) is 116 Å². The molecule has 0 unspecified atom stereocenters. The van der Waals surface area contributed by atoms with Crippen molar-refractivity contribution in [1.29, 1.82) is 5.26 Å². The van der Waals surface area contributed by atoms with Crippen LogP contribution in [0.5, 0.6) is 0 Å². The van der Waals surface area contributed by atoms with Crippen molar-refractivity contribution in [2.45, 2.75) is 43.9 Å². The van der Waals surface area contributed by atoms with Gasteiger partial charge in [0, 0.05) is 18.2 Å². The fourth-order valence-electron chi connectivity index (χ4n) is 3.70. The third kappa shape index (κ3) is 4.70. The van der Waals surface area contributed by atoms with Crippen molar-refractivity contribution >= 4 is 17.5 Å². The van der Waals surface area contributed by atoms with Crippen molar-refractivity contribution in [3.05, 3.63) is 28.2 Å². The Morgan fingerprint density at radius 2 is 2.10 bits per heavy atom. The molecule has 29 heavy (non-hydrogen) atoms. The molecule has 2 amide bonds. The minimum Gasteiger partial charge on any atom is -0.372 e. The Hall–Kier alpha value is -3.03. The van der Waals surface area contributed by atoms with Gasteiger partial charge < -0.3 is 16.0 Å². The summed E-state index contributed by atoms with van der Waals surface area (Å²) < 4.78 is 38.5. The molecule has 3 heterocycles. The van der Waals surface area contributed by atoms with Crippen molar-refractivity contribution in [1.82, 2.24) is 15.2 Å². The van der Waals surface area contributed by atoms with Crippen LogP contribution >= 0.6 is 0 Å². The van der Waals surface area contributed by atoms with E-state index in [0.717, 1.165) is 0 Å². The average Bonchev–Trinajstić information content (AvgIpc) is 3.26. The number of nitriles is 1. The summed E-state index contributed by atoms with van der Waals surface area (Å²) in [6, 6.07) is 2.92. The van der Waals surface area contributed by atoms with Gasteiger partial charge in [0.2, 0.25) is 11.8 Å². The Morgan fingerprint density at radius 3 is 2.72 bits per heavy atom. The molecule has 0 saturated carbocycles. The highest BCUT2D eigenvalue weighted by molar-refractivity contribution is 5.82. The van der Waals surface area contributed by atoms with E-state index in [9.17, 15) is 32.8 Å². The quantitative estimate of drug-likeness (QED) is 0.642. The number of hydrogen-bond acceptors (Lipinski definition) is 5. The molecule has 0 aliphatic carbocycles. The van der Waals surface area contributed by atoms with Gasteiger partial charge in [0.1, 0.15) is 24.3 Å². The summed E-state index contributed by atoms with van der Waals surface area (Å²) in [5.41, 5.74) is -0.422. The normalized spacial score (nSPS) is 21.8. The zero-order valence-electron chi connectivity index (χ0n) is 15.4. The number of amides is 2. The number of nitrogens with one attached hydrogen (secondary N) is 3. The van der Waals surface area contributed by atoms with E-state index in [2.05, 4.69) is 16.0 Å². The third-order valence-electron chi connectivity index (χ3n) is 5.12. The van der Waals surface area contributed by atoms with Crippen LogP contribution < -0.4 is 21.5 Å². The van der Waals surface area contributed by atoms with E-state index in [1.54, 1.807) is 0 Å². The van der Waals surface area contributed by atoms with Gasteiger partial charge in [-0.05, 0) is 37.8 Å². The molecule has 1 fully saturated rings. The summed E-state index contributed by atoms with van der Waals surface area (Å²) in [5.74, 6) is -1.09. The first-order chi connectivity index (χ1) is 13.7. The molecule has 0 radical (unpaired) electrons. The summed E-state index contributed by atoms with van der Waals surface area (Å²) in [6.45, 7) is -0.840. The highest BCUT2D eigenvalue weighted by atomic mass is 19.4. The smallest absolute Gasteiger partial charge is 0.372 e. The number of carbonyl (C=O) groups excluding carboxylic acids is 2. The molecule has 2 aliphatic rings. The minimum absolute atomic E-state index is 0.162. The number of hydrogen-bond donors (Lipinski definition) is 3. The fourth-order valence-corrected chi connectivity index (χ4v) is 3.70. The maximum absolute atomic E-state index is 12.7. The lowest BCUT2D eigenvalue weighted by atomic mass is 9.99. The fraction of sp³-hybridized carbons (Fsp3) is 0.556. The van der Waals surface area contributed by atoms with E-state index in [0.29, 0.717) is 31.5 Å². The van der Waals surface area contributed by atoms with E-state index >= 15 is 0 Å². The average molecular weight is 411 g/mol. The van der Waals surface area contributed by atoms with Crippen LogP contribution in [0.15, 0.2) is 16.9 Å². The van der Waals surface area contributed by atoms with Gasteiger partial charge in [-0.25, -0.2) is 0 Å². The van der Waals surface area contributed by atoms with Crippen molar-refractivity contribution < 1.29 is 22.8 Å². The van der Waals surface area contributed by atoms with Gasteiger partial charge in [-0.3, -0.25) is 19.0 Å². The van der Waals surface area contributed by atoms with Crippen molar-refractivity contribution in [3.63, 3.8) is 0 Å². The summed E-state index contributed by atoms with van der Waals surface area (Å²) in [4.78, 5) is 37.0. The zero-order valence-corrected chi connectivity index (χ0v) is 15.4. The SMILES string of the molecule is N#C[C@H](C[C@@H]1CCNC1=O)NC(=O)[C@@H]1CCc2ccc(NCC(F)(F)F)c(=O)n21. The molecule has 156 valence electrons. The summed E-state index contributed by atoms with van der Waals surface area (Å²) >= 11 is 0. The number of anilines is 1. The second-order valence-electron chi connectivity index (χ2n) is 7.14. The van der Waals surface area contributed by atoms with Crippen LogP contribution in [0.1, 0.15) is 31.0 Å². The molecule has 1 aromatic rings. The molecule has 0 spiro atoms. The number of nitrogens with zero attached hydrogens (tertiary/aromatic N) is 2. The number of pyridine rings is 1. The Balaban J connectivity index is 1.73. The van der Waals surface area contributed by atoms with Gasteiger partial charge in [0.25, 0.3) is 5.56 Å². The van der Waals surface area contributed by atoms with Crippen LogP contribution in [0, 0.1) is 17.2 Å². The van der Waals surface area contributed by atoms with E-state index in [-0.39, 0.29) is 23.9 Å². The van der Waals surface area contributed by atoms with Crippen LogP contribution in [0.3, 0.4) is 0 Å². The Labute approximate surface area is 164 Å². The number of carbonyl (C=O) groups is 2. The van der Waals surface area contributed by atoms with Crippen LogP contribution in [0.4, 0.5) is 18.9 Å². The first kappa shape index (κ1) is 20.7. The molecule has 11 heteroatoms. The van der Waals surface area contributed by atoms with E-state index in [1.807, 2.05) is 6.07 Å². The molecular weight excluding hydrogens is 391 g/mol. The molecule has 1 saturated heterocycles. The molecule has 0 aromatic carbocycles. The molecule has 2 aliphatic heterocycles. The van der Waals surface area contributed by atoms with Crippen molar-refractivity contribution in [2.75, 3.05) is 18.4 Å². The van der Waals surface area contributed by atoms with Crippen LogP contribution in [-0.4, -0.2) is 41.7 Å². The van der Waals surface area contributed by atoms with Gasteiger partial charge >= 0.3 is 6.18 Å². The first-order valence-corrected chi connectivity index (χ1v) is 9.22. The standard InChI is InChI=1S/C18H20F3N5O3/c19-18(20,21)9-24-13-3-1-12-2-4-14(26(12)17(13)29)16(28)25-11(8-22)7-10-5-6-23-15(10)27/h1,3,10-11,14,24H,2,4-7,9H2,(H,23,27)(H,25,28)/t10-,11-,14-/m0/s1. The number of alkyl halides is 3. The highest BCUT2D eigenvalue weighted by Gasteiger charge is 2.34. The van der Waals surface area contributed by atoms with Gasteiger partial charge in [-0.2, -0.15) is 18.4 Å². The van der Waals surface area contributed by atoms with Gasteiger partial charge in [-0.15, -0.1) is 0 Å². The second kappa shape index (κ2) is 8.14. The molecule has 3 atom stereocenters. The zero-order chi connectivity index (χ0) is 21.2.